The van der Waals surface area contributed by atoms with Gasteiger partial charge < -0.3 is 10.6 Å². The van der Waals surface area contributed by atoms with Crippen LogP contribution in [0.15, 0.2) is 47.6 Å². The summed E-state index contributed by atoms with van der Waals surface area (Å²) in [6, 6.07) is 11.9. The molecule has 0 bridgehead atoms. The van der Waals surface area contributed by atoms with Crippen molar-refractivity contribution in [2.45, 2.75) is 32.2 Å². The molecule has 8 heteroatoms. The van der Waals surface area contributed by atoms with Crippen LogP contribution in [0.1, 0.15) is 31.7 Å². The zero-order valence-corrected chi connectivity index (χ0v) is 17.5. The highest BCUT2D eigenvalue weighted by atomic mass is 35.5. The zero-order valence-electron chi connectivity index (χ0n) is 16.0. The molecule has 3 rings (SSSR count). The SMILES string of the molecule is CC(=O)Nc1ccc(NC(=O)C2CCCCN2/N=C/c2c(Cl)cccc2Cl)cc1. The van der Waals surface area contributed by atoms with Crippen molar-refractivity contribution in [3.8, 4) is 0 Å². The number of nitrogens with one attached hydrogen (secondary N) is 2. The zero-order chi connectivity index (χ0) is 20.8. The predicted molar refractivity (Wildman–Crippen MR) is 118 cm³/mol. The minimum absolute atomic E-state index is 0.126. The number of carbonyl (C=O) groups excluding carboxylic acids is 2. The highest BCUT2D eigenvalue weighted by Gasteiger charge is 2.28. The number of nitrogens with zero attached hydrogens (tertiary/aromatic N) is 2. The molecule has 29 heavy (non-hydrogen) atoms. The van der Waals surface area contributed by atoms with Crippen molar-refractivity contribution in [2.75, 3.05) is 17.2 Å². The quantitative estimate of drug-likeness (QED) is 0.667. The normalized spacial score (nSPS) is 16.7. The number of hydrogen-bond donors (Lipinski definition) is 2. The molecule has 1 atom stereocenters. The summed E-state index contributed by atoms with van der Waals surface area (Å²) >= 11 is 12.4. The van der Waals surface area contributed by atoms with Crippen LogP contribution in [0.3, 0.4) is 0 Å². The number of halogens is 2. The van der Waals surface area contributed by atoms with Crippen molar-refractivity contribution in [3.63, 3.8) is 0 Å². The lowest BCUT2D eigenvalue weighted by molar-refractivity contribution is -0.122. The van der Waals surface area contributed by atoms with E-state index in [-0.39, 0.29) is 17.9 Å². The topological polar surface area (TPSA) is 73.8 Å². The molecule has 2 aromatic rings. The summed E-state index contributed by atoms with van der Waals surface area (Å²) in [7, 11) is 0. The van der Waals surface area contributed by atoms with Gasteiger partial charge >= 0.3 is 0 Å². The molecule has 1 heterocycles. The summed E-state index contributed by atoms with van der Waals surface area (Å²) in [6.07, 6.45) is 4.24. The maximum absolute atomic E-state index is 12.8. The molecular formula is C21H22Cl2N4O2. The summed E-state index contributed by atoms with van der Waals surface area (Å²) < 4.78 is 0. The van der Waals surface area contributed by atoms with Gasteiger partial charge in [-0.05, 0) is 55.7 Å². The third-order valence-electron chi connectivity index (χ3n) is 4.58. The summed E-state index contributed by atoms with van der Waals surface area (Å²) in [5.74, 6) is -0.268. The number of piperidine rings is 1. The van der Waals surface area contributed by atoms with Gasteiger partial charge in [0.1, 0.15) is 6.04 Å². The van der Waals surface area contributed by atoms with Crippen LogP contribution in [0.2, 0.25) is 10.0 Å². The third-order valence-corrected chi connectivity index (χ3v) is 5.24. The lowest BCUT2D eigenvalue weighted by Crippen LogP contribution is -2.44. The molecule has 2 N–H and O–H groups in total. The van der Waals surface area contributed by atoms with Crippen LogP contribution in [-0.2, 0) is 9.59 Å². The molecule has 152 valence electrons. The Hall–Kier alpha value is -2.57. The van der Waals surface area contributed by atoms with E-state index in [0.717, 1.165) is 12.8 Å². The molecule has 1 aliphatic rings. The Balaban J connectivity index is 1.69. The van der Waals surface area contributed by atoms with E-state index in [4.69, 9.17) is 23.2 Å². The number of rotatable bonds is 5. The highest BCUT2D eigenvalue weighted by Crippen LogP contribution is 2.24. The summed E-state index contributed by atoms with van der Waals surface area (Å²) in [5.41, 5.74) is 1.97. The van der Waals surface area contributed by atoms with E-state index in [9.17, 15) is 9.59 Å². The minimum atomic E-state index is -0.378. The number of hydrogen-bond acceptors (Lipinski definition) is 4. The highest BCUT2D eigenvalue weighted by molar-refractivity contribution is 6.38. The Morgan fingerprint density at radius 3 is 2.28 bits per heavy atom. The third kappa shape index (κ3) is 5.71. The molecule has 0 spiro atoms. The van der Waals surface area contributed by atoms with E-state index in [0.29, 0.717) is 39.9 Å². The van der Waals surface area contributed by atoms with Crippen LogP contribution >= 0.6 is 23.2 Å². The first kappa shape index (κ1) is 21.1. The smallest absolute Gasteiger partial charge is 0.248 e. The van der Waals surface area contributed by atoms with Crippen molar-refractivity contribution in [1.82, 2.24) is 5.01 Å². The second kappa shape index (κ2) is 9.76. The average Bonchev–Trinajstić information content (AvgIpc) is 2.69. The molecular weight excluding hydrogens is 411 g/mol. The van der Waals surface area contributed by atoms with Gasteiger partial charge in [0.2, 0.25) is 11.8 Å². The second-order valence-electron chi connectivity index (χ2n) is 6.80. The van der Waals surface area contributed by atoms with Crippen LogP contribution in [0.4, 0.5) is 11.4 Å². The molecule has 0 aliphatic carbocycles. The molecule has 1 saturated heterocycles. The fraction of sp³-hybridized carbons (Fsp3) is 0.286. The van der Waals surface area contributed by atoms with Gasteiger partial charge in [-0.3, -0.25) is 14.6 Å². The largest absolute Gasteiger partial charge is 0.326 e. The number of carbonyl (C=O) groups is 2. The number of amides is 2. The molecule has 2 aromatic carbocycles. The van der Waals surface area contributed by atoms with Gasteiger partial charge in [-0.1, -0.05) is 29.3 Å². The van der Waals surface area contributed by atoms with Gasteiger partial charge in [-0.2, -0.15) is 5.10 Å². The van der Waals surface area contributed by atoms with Crippen LogP contribution < -0.4 is 10.6 Å². The van der Waals surface area contributed by atoms with Gasteiger partial charge in [0.25, 0.3) is 0 Å². The molecule has 1 fully saturated rings. The first-order valence-corrected chi connectivity index (χ1v) is 10.1. The Morgan fingerprint density at radius 2 is 1.66 bits per heavy atom. The van der Waals surface area contributed by atoms with Gasteiger partial charge in [-0.25, -0.2) is 0 Å². The fourth-order valence-corrected chi connectivity index (χ4v) is 3.65. The van der Waals surface area contributed by atoms with E-state index < -0.39 is 0 Å². The van der Waals surface area contributed by atoms with Gasteiger partial charge in [0, 0.05) is 30.4 Å². The summed E-state index contributed by atoms with van der Waals surface area (Å²) in [6.45, 7) is 2.13. The van der Waals surface area contributed by atoms with Crippen LogP contribution in [0.25, 0.3) is 0 Å². The Morgan fingerprint density at radius 1 is 1.03 bits per heavy atom. The Kier molecular flexibility index (Phi) is 7.12. The van der Waals surface area contributed by atoms with Gasteiger partial charge in [0.05, 0.1) is 16.3 Å². The number of hydrazone groups is 1. The molecule has 0 radical (unpaired) electrons. The van der Waals surface area contributed by atoms with Crippen molar-refractivity contribution in [2.24, 2.45) is 5.10 Å². The summed E-state index contributed by atoms with van der Waals surface area (Å²) in [5, 5.41) is 12.9. The molecule has 1 aliphatic heterocycles. The molecule has 0 aromatic heterocycles. The lowest BCUT2D eigenvalue weighted by Gasteiger charge is -2.32. The predicted octanol–water partition coefficient (Wildman–Crippen LogP) is 4.78. The van der Waals surface area contributed by atoms with Crippen molar-refractivity contribution in [1.29, 1.82) is 0 Å². The number of benzene rings is 2. The first-order chi connectivity index (χ1) is 13.9. The van der Waals surface area contributed by atoms with Crippen molar-refractivity contribution in [3.05, 3.63) is 58.1 Å². The fourth-order valence-electron chi connectivity index (χ4n) is 3.15. The summed E-state index contributed by atoms with van der Waals surface area (Å²) in [4.78, 5) is 23.9. The standard InChI is InChI=1S/C21H22Cl2N4O2/c1-14(28)25-15-8-10-16(11-9-15)26-21(29)20-7-2-3-12-27(20)24-13-17-18(22)5-4-6-19(17)23/h4-6,8-11,13,20H,2-3,7,12H2,1H3,(H,25,28)(H,26,29)/b24-13+. The van der Waals surface area contributed by atoms with Gasteiger partial charge in [-0.15, -0.1) is 0 Å². The Bertz CT molecular complexity index is 895. The minimum Gasteiger partial charge on any atom is -0.326 e. The van der Waals surface area contributed by atoms with Crippen LogP contribution in [0.5, 0.6) is 0 Å². The van der Waals surface area contributed by atoms with E-state index in [1.165, 1.54) is 6.92 Å². The maximum atomic E-state index is 12.8. The average molecular weight is 433 g/mol. The molecule has 6 nitrogen and oxygen atoms in total. The number of anilines is 2. The molecule has 0 saturated carbocycles. The maximum Gasteiger partial charge on any atom is 0.248 e. The van der Waals surface area contributed by atoms with E-state index in [2.05, 4.69) is 15.7 Å². The first-order valence-electron chi connectivity index (χ1n) is 9.37. The lowest BCUT2D eigenvalue weighted by atomic mass is 10.0. The van der Waals surface area contributed by atoms with Crippen molar-refractivity contribution < 1.29 is 9.59 Å². The molecule has 2 amide bonds. The van der Waals surface area contributed by atoms with Crippen LogP contribution in [-0.4, -0.2) is 35.6 Å². The monoisotopic (exact) mass is 432 g/mol. The van der Waals surface area contributed by atoms with Crippen molar-refractivity contribution >= 4 is 52.6 Å². The van der Waals surface area contributed by atoms with Crippen LogP contribution in [0, 0.1) is 0 Å². The Labute approximate surface area is 179 Å². The van der Waals surface area contributed by atoms with Gasteiger partial charge in [0.15, 0.2) is 0 Å². The molecule has 1 unspecified atom stereocenters. The van der Waals surface area contributed by atoms with E-state index in [1.54, 1.807) is 53.7 Å². The second-order valence-corrected chi connectivity index (χ2v) is 7.62. The van der Waals surface area contributed by atoms with E-state index in [1.807, 2.05) is 0 Å². The van der Waals surface area contributed by atoms with E-state index >= 15 is 0 Å².